The molecule has 1 aliphatic heterocycles. The van der Waals surface area contributed by atoms with Crippen LogP contribution in [0.3, 0.4) is 0 Å². The van der Waals surface area contributed by atoms with Gasteiger partial charge in [0, 0.05) is 5.02 Å². The molecule has 0 bridgehead atoms. The summed E-state index contributed by atoms with van der Waals surface area (Å²) in [5.41, 5.74) is 3.38. The zero-order chi connectivity index (χ0) is 20.3. The van der Waals surface area contributed by atoms with Crippen molar-refractivity contribution in [3.8, 4) is 5.75 Å². The molecule has 2 heterocycles. The highest BCUT2D eigenvalue weighted by Crippen LogP contribution is 2.39. The van der Waals surface area contributed by atoms with Crippen LogP contribution in [-0.4, -0.2) is 14.8 Å². The number of nitrogens with zero attached hydrogens (tertiary/aromatic N) is 3. The number of anilines is 1. The Morgan fingerprint density at radius 2 is 1.73 bits per heavy atom. The fourth-order valence-electron chi connectivity index (χ4n) is 3.89. The van der Waals surface area contributed by atoms with E-state index in [0.717, 1.165) is 39.8 Å². The molecule has 0 spiro atoms. The van der Waals surface area contributed by atoms with E-state index in [1.54, 1.807) is 6.33 Å². The number of aromatic nitrogens is 3. The third-order valence-electron chi connectivity index (χ3n) is 5.42. The Balaban J connectivity index is 1.37. The van der Waals surface area contributed by atoms with Crippen molar-refractivity contribution in [2.75, 3.05) is 5.32 Å². The predicted molar refractivity (Wildman–Crippen MR) is 118 cm³/mol. The highest BCUT2D eigenvalue weighted by Gasteiger charge is 2.30. The molecule has 150 valence electrons. The van der Waals surface area contributed by atoms with E-state index in [9.17, 15) is 0 Å². The van der Waals surface area contributed by atoms with Gasteiger partial charge < -0.3 is 10.1 Å². The van der Waals surface area contributed by atoms with Crippen molar-refractivity contribution >= 4 is 17.5 Å². The topological polar surface area (TPSA) is 52.0 Å². The summed E-state index contributed by atoms with van der Waals surface area (Å²) in [4.78, 5) is 4.39. The van der Waals surface area contributed by atoms with Gasteiger partial charge in [-0.25, -0.2) is 4.68 Å². The second-order valence-electron chi connectivity index (χ2n) is 7.34. The van der Waals surface area contributed by atoms with Gasteiger partial charge in [-0.15, -0.1) is 0 Å². The summed E-state index contributed by atoms with van der Waals surface area (Å²) in [5, 5.41) is 8.66. The minimum Gasteiger partial charge on any atom is -0.489 e. The zero-order valence-corrected chi connectivity index (χ0v) is 17.0. The van der Waals surface area contributed by atoms with Crippen molar-refractivity contribution in [2.24, 2.45) is 0 Å². The van der Waals surface area contributed by atoms with Crippen molar-refractivity contribution in [1.29, 1.82) is 0 Å². The SMILES string of the molecule is Clc1ccccc1C1CC(c2ccc(OCc3ccccc3)cc2)n2ncnc2N1. The van der Waals surface area contributed by atoms with Gasteiger partial charge in [0.05, 0.1) is 12.1 Å². The highest BCUT2D eigenvalue weighted by atomic mass is 35.5. The van der Waals surface area contributed by atoms with Gasteiger partial charge >= 0.3 is 0 Å². The number of ether oxygens (including phenoxy) is 1. The van der Waals surface area contributed by atoms with Crippen LogP contribution in [0, 0.1) is 0 Å². The first-order chi connectivity index (χ1) is 14.8. The van der Waals surface area contributed by atoms with Crippen molar-refractivity contribution < 1.29 is 4.74 Å². The average Bonchev–Trinajstić information content (AvgIpc) is 3.27. The maximum atomic E-state index is 6.46. The Bertz CT molecular complexity index is 1130. The largest absolute Gasteiger partial charge is 0.489 e. The molecule has 0 saturated heterocycles. The first-order valence-corrected chi connectivity index (χ1v) is 10.3. The summed E-state index contributed by atoms with van der Waals surface area (Å²) in [5.74, 6) is 1.60. The molecule has 2 unspecified atom stereocenters. The molecule has 0 amide bonds. The summed E-state index contributed by atoms with van der Waals surface area (Å²) in [6, 6.07) is 26.5. The molecule has 0 aliphatic carbocycles. The second kappa shape index (κ2) is 8.20. The second-order valence-corrected chi connectivity index (χ2v) is 7.75. The smallest absolute Gasteiger partial charge is 0.222 e. The predicted octanol–water partition coefficient (Wildman–Crippen LogP) is 5.66. The molecule has 6 heteroatoms. The number of benzene rings is 3. The Morgan fingerprint density at radius 3 is 2.53 bits per heavy atom. The maximum Gasteiger partial charge on any atom is 0.222 e. The van der Waals surface area contributed by atoms with Crippen LogP contribution in [0.25, 0.3) is 0 Å². The third kappa shape index (κ3) is 3.76. The lowest BCUT2D eigenvalue weighted by molar-refractivity contribution is 0.306. The number of nitrogens with one attached hydrogen (secondary N) is 1. The van der Waals surface area contributed by atoms with Crippen molar-refractivity contribution in [2.45, 2.75) is 25.1 Å². The summed E-state index contributed by atoms with van der Waals surface area (Å²) in [6.45, 7) is 0.551. The molecular formula is C24H21ClN4O. The number of halogens is 1. The minimum absolute atomic E-state index is 0.0631. The van der Waals surface area contributed by atoms with E-state index < -0.39 is 0 Å². The fraction of sp³-hybridized carbons (Fsp3) is 0.167. The molecule has 4 aromatic rings. The Kier molecular flexibility index (Phi) is 5.11. The lowest BCUT2D eigenvalue weighted by atomic mass is 9.93. The van der Waals surface area contributed by atoms with E-state index in [4.69, 9.17) is 16.3 Å². The molecule has 1 aliphatic rings. The molecule has 0 radical (unpaired) electrons. The molecule has 0 saturated carbocycles. The van der Waals surface area contributed by atoms with E-state index >= 15 is 0 Å². The van der Waals surface area contributed by atoms with E-state index in [2.05, 4.69) is 45.7 Å². The molecule has 30 heavy (non-hydrogen) atoms. The van der Waals surface area contributed by atoms with Crippen LogP contribution < -0.4 is 10.1 Å². The number of fused-ring (bicyclic) bond motifs is 1. The van der Waals surface area contributed by atoms with Gasteiger partial charge in [-0.05, 0) is 41.3 Å². The number of hydrogen-bond donors (Lipinski definition) is 1. The molecule has 1 aromatic heterocycles. The van der Waals surface area contributed by atoms with Crippen LogP contribution in [0.4, 0.5) is 5.95 Å². The van der Waals surface area contributed by atoms with E-state index in [1.165, 1.54) is 0 Å². The van der Waals surface area contributed by atoms with Gasteiger partial charge in [-0.3, -0.25) is 0 Å². The summed E-state index contributed by atoms with van der Waals surface area (Å²) in [7, 11) is 0. The Hall–Kier alpha value is -3.31. The average molecular weight is 417 g/mol. The van der Waals surface area contributed by atoms with Crippen molar-refractivity contribution in [3.05, 3.63) is 107 Å². The third-order valence-corrected chi connectivity index (χ3v) is 5.77. The van der Waals surface area contributed by atoms with Crippen LogP contribution in [0.1, 0.15) is 35.2 Å². The lowest BCUT2D eigenvalue weighted by Gasteiger charge is -2.32. The fourth-order valence-corrected chi connectivity index (χ4v) is 4.15. The van der Waals surface area contributed by atoms with Gasteiger partial charge in [-0.2, -0.15) is 10.1 Å². The highest BCUT2D eigenvalue weighted by molar-refractivity contribution is 6.31. The number of hydrogen-bond acceptors (Lipinski definition) is 4. The van der Waals surface area contributed by atoms with Crippen LogP contribution in [-0.2, 0) is 6.61 Å². The zero-order valence-electron chi connectivity index (χ0n) is 16.3. The summed E-state index contributed by atoms with van der Waals surface area (Å²) in [6.07, 6.45) is 2.41. The summed E-state index contributed by atoms with van der Waals surface area (Å²) < 4.78 is 7.87. The molecule has 5 rings (SSSR count). The quantitative estimate of drug-likeness (QED) is 0.456. The van der Waals surface area contributed by atoms with Crippen LogP contribution in [0.2, 0.25) is 5.02 Å². The number of rotatable bonds is 5. The van der Waals surface area contributed by atoms with Gasteiger partial charge in [0.25, 0.3) is 0 Å². The Labute approximate surface area is 180 Å². The first kappa shape index (κ1) is 18.7. The molecule has 2 atom stereocenters. The van der Waals surface area contributed by atoms with Crippen molar-refractivity contribution in [3.63, 3.8) is 0 Å². The van der Waals surface area contributed by atoms with Crippen molar-refractivity contribution in [1.82, 2.24) is 14.8 Å². The van der Waals surface area contributed by atoms with E-state index in [0.29, 0.717) is 6.61 Å². The maximum absolute atomic E-state index is 6.46. The molecule has 5 nitrogen and oxygen atoms in total. The van der Waals surface area contributed by atoms with Gasteiger partial charge in [0.15, 0.2) is 0 Å². The summed E-state index contributed by atoms with van der Waals surface area (Å²) >= 11 is 6.46. The van der Waals surface area contributed by atoms with E-state index in [1.807, 2.05) is 53.2 Å². The molecule has 1 N–H and O–H groups in total. The normalized spacial score (nSPS) is 17.8. The van der Waals surface area contributed by atoms with Gasteiger partial charge in [-0.1, -0.05) is 72.3 Å². The van der Waals surface area contributed by atoms with Gasteiger partial charge in [0.2, 0.25) is 5.95 Å². The van der Waals surface area contributed by atoms with E-state index in [-0.39, 0.29) is 12.1 Å². The van der Waals surface area contributed by atoms with Crippen LogP contribution in [0.5, 0.6) is 5.75 Å². The van der Waals surface area contributed by atoms with Crippen LogP contribution >= 0.6 is 11.6 Å². The standard InChI is InChI=1S/C24H21ClN4O/c25-21-9-5-4-8-20(21)22-14-23(29-24(28-22)26-16-27-29)18-10-12-19(13-11-18)30-15-17-6-2-1-3-7-17/h1-13,16,22-23H,14-15H2,(H,26,27,28). The van der Waals surface area contributed by atoms with Gasteiger partial charge in [0.1, 0.15) is 18.7 Å². The molecule has 3 aromatic carbocycles. The first-order valence-electron chi connectivity index (χ1n) is 9.95. The Morgan fingerprint density at radius 1 is 0.967 bits per heavy atom. The minimum atomic E-state index is 0.0631. The molecular weight excluding hydrogens is 396 g/mol. The molecule has 0 fully saturated rings. The van der Waals surface area contributed by atoms with Crippen LogP contribution in [0.15, 0.2) is 85.2 Å². The monoisotopic (exact) mass is 416 g/mol. The lowest BCUT2D eigenvalue weighted by Crippen LogP contribution is -2.28.